The van der Waals surface area contributed by atoms with Crippen molar-refractivity contribution in [2.45, 2.75) is 19.4 Å². The van der Waals surface area contributed by atoms with E-state index in [9.17, 15) is 9.18 Å². The molecule has 3 rings (SSSR count). The molecule has 4 nitrogen and oxygen atoms in total. The molecule has 0 fully saturated rings. The second-order valence-corrected chi connectivity index (χ2v) is 5.31. The number of aromatic nitrogens is 3. The third-order valence-electron chi connectivity index (χ3n) is 3.72. The van der Waals surface area contributed by atoms with Gasteiger partial charge < -0.3 is 0 Å². The van der Waals surface area contributed by atoms with Gasteiger partial charge in [-0.15, -0.1) is 5.10 Å². The fourth-order valence-corrected chi connectivity index (χ4v) is 2.49. The topological polar surface area (TPSA) is 47.8 Å². The zero-order valence-corrected chi connectivity index (χ0v) is 12.5. The van der Waals surface area contributed by atoms with Gasteiger partial charge >= 0.3 is 0 Å². The smallest absolute Gasteiger partial charge is 0.172 e. The van der Waals surface area contributed by atoms with E-state index in [1.807, 2.05) is 18.2 Å². The maximum Gasteiger partial charge on any atom is 0.172 e. The summed E-state index contributed by atoms with van der Waals surface area (Å²) in [5.74, 6) is -0.273. The van der Waals surface area contributed by atoms with Gasteiger partial charge in [0.2, 0.25) is 0 Å². The molecule has 0 atom stereocenters. The van der Waals surface area contributed by atoms with Crippen molar-refractivity contribution in [3.63, 3.8) is 0 Å². The van der Waals surface area contributed by atoms with Gasteiger partial charge in [0.1, 0.15) is 11.5 Å². The van der Waals surface area contributed by atoms with E-state index in [2.05, 4.69) is 22.4 Å². The van der Waals surface area contributed by atoms with Crippen LogP contribution in [0.1, 0.15) is 27.3 Å². The van der Waals surface area contributed by atoms with Crippen molar-refractivity contribution < 1.29 is 9.18 Å². The molecule has 0 saturated heterocycles. The number of benzene rings is 2. The Hall–Kier alpha value is -2.82. The van der Waals surface area contributed by atoms with Crippen LogP contribution >= 0.6 is 0 Å². The summed E-state index contributed by atoms with van der Waals surface area (Å²) in [7, 11) is 0. The molecule has 0 bridgehead atoms. The number of carbonyl (C=O) groups excluding carboxylic acids is 1. The van der Waals surface area contributed by atoms with Gasteiger partial charge in [0.25, 0.3) is 0 Å². The first kappa shape index (κ1) is 15.1. The molecular weight excluding hydrogens is 293 g/mol. The van der Waals surface area contributed by atoms with Crippen molar-refractivity contribution in [2.75, 3.05) is 0 Å². The number of halogens is 1. The van der Waals surface area contributed by atoms with E-state index in [1.165, 1.54) is 17.7 Å². The number of carbonyl (C=O) groups is 1. The molecule has 0 amide bonds. The van der Waals surface area contributed by atoms with Gasteiger partial charge in [-0.05, 0) is 36.1 Å². The fraction of sp³-hybridized carbons (Fsp3) is 0.167. The normalized spacial score (nSPS) is 10.7. The first-order chi connectivity index (χ1) is 11.3. The van der Waals surface area contributed by atoms with E-state index < -0.39 is 0 Å². The summed E-state index contributed by atoms with van der Waals surface area (Å²) >= 11 is 0. The van der Waals surface area contributed by atoms with Crippen LogP contribution in [0.4, 0.5) is 4.39 Å². The Balaban J connectivity index is 1.79. The molecule has 2 aromatic carbocycles. The second-order valence-electron chi connectivity index (χ2n) is 5.31. The lowest BCUT2D eigenvalue weighted by Gasteiger charge is -2.07. The van der Waals surface area contributed by atoms with E-state index in [-0.39, 0.29) is 5.82 Å². The van der Waals surface area contributed by atoms with Crippen LogP contribution in [0.2, 0.25) is 0 Å². The van der Waals surface area contributed by atoms with Crippen LogP contribution in [0.5, 0.6) is 0 Å². The van der Waals surface area contributed by atoms with E-state index in [0.717, 1.165) is 24.0 Å². The van der Waals surface area contributed by atoms with Crippen LogP contribution in [0.25, 0.3) is 0 Å². The summed E-state index contributed by atoms with van der Waals surface area (Å²) in [6.07, 6.45) is 2.21. The number of aryl methyl sites for hydroxylation is 1. The highest BCUT2D eigenvalue weighted by Crippen LogP contribution is 2.12. The van der Waals surface area contributed by atoms with Gasteiger partial charge in [-0.25, -0.2) is 9.07 Å². The Morgan fingerprint density at radius 2 is 1.70 bits per heavy atom. The number of rotatable bonds is 6. The van der Waals surface area contributed by atoms with Crippen LogP contribution in [0.3, 0.4) is 0 Å². The summed E-state index contributed by atoms with van der Waals surface area (Å²) in [5.41, 5.74) is 3.27. The third-order valence-corrected chi connectivity index (χ3v) is 3.72. The average molecular weight is 309 g/mol. The summed E-state index contributed by atoms with van der Waals surface area (Å²) in [6.45, 7) is 0.464. The molecular formula is C18H16FN3O. The van der Waals surface area contributed by atoms with Crippen molar-refractivity contribution in [2.24, 2.45) is 0 Å². The van der Waals surface area contributed by atoms with Gasteiger partial charge in [0.05, 0.1) is 12.2 Å². The minimum absolute atomic E-state index is 0.273. The lowest BCUT2D eigenvalue weighted by atomic mass is 10.1. The molecule has 0 saturated carbocycles. The number of nitrogens with zero attached hydrogens (tertiary/aromatic N) is 3. The second kappa shape index (κ2) is 6.96. The molecule has 0 aliphatic heterocycles. The predicted octanol–water partition coefficient (Wildman–Crippen LogP) is 3.06. The SMILES string of the molecule is O=Cc1nnn(Cc2ccc(F)cc2)c1CCc1ccccc1. The largest absolute Gasteiger partial charge is 0.296 e. The first-order valence-electron chi connectivity index (χ1n) is 7.42. The first-order valence-corrected chi connectivity index (χ1v) is 7.42. The van der Waals surface area contributed by atoms with Crippen molar-refractivity contribution in [3.8, 4) is 0 Å². The zero-order chi connectivity index (χ0) is 16.1. The molecule has 1 heterocycles. The van der Waals surface area contributed by atoms with E-state index in [4.69, 9.17) is 0 Å². The Kier molecular flexibility index (Phi) is 4.57. The maximum atomic E-state index is 13.0. The Morgan fingerprint density at radius 1 is 0.957 bits per heavy atom. The average Bonchev–Trinajstić information content (AvgIpc) is 2.98. The molecule has 23 heavy (non-hydrogen) atoms. The number of hydrogen-bond donors (Lipinski definition) is 0. The minimum Gasteiger partial charge on any atom is -0.296 e. The van der Waals surface area contributed by atoms with Crippen molar-refractivity contribution in [1.29, 1.82) is 0 Å². The standard InChI is InChI=1S/C18H16FN3O/c19-16-9-6-15(7-10-16)12-22-18(17(13-23)20-21-22)11-8-14-4-2-1-3-5-14/h1-7,9-10,13H,8,11-12H2. The highest BCUT2D eigenvalue weighted by atomic mass is 19.1. The highest BCUT2D eigenvalue weighted by Gasteiger charge is 2.12. The van der Waals surface area contributed by atoms with Crippen LogP contribution in [-0.2, 0) is 19.4 Å². The Morgan fingerprint density at radius 3 is 2.39 bits per heavy atom. The van der Waals surface area contributed by atoms with E-state index in [0.29, 0.717) is 18.7 Å². The molecule has 0 aliphatic rings. The van der Waals surface area contributed by atoms with Crippen LogP contribution in [0.15, 0.2) is 54.6 Å². The molecule has 116 valence electrons. The number of hydrogen-bond acceptors (Lipinski definition) is 3. The van der Waals surface area contributed by atoms with Gasteiger partial charge in [0.15, 0.2) is 6.29 Å². The lowest BCUT2D eigenvalue weighted by Crippen LogP contribution is -2.08. The molecule has 0 unspecified atom stereocenters. The Bertz CT molecular complexity index is 782. The van der Waals surface area contributed by atoms with Gasteiger partial charge in [-0.2, -0.15) is 0 Å². The fourth-order valence-electron chi connectivity index (χ4n) is 2.49. The summed E-state index contributed by atoms with van der Waals surface area (Å²) in [4.78, 5) is 11.2. The lowest BCUT2D eigenvalue weighted by molar-refractivity contribution is 0.111. The molecule has 5 heteroatoms. The van der Waals surface area contributed by atoms with Crippen LogP contribution < -0.4 is 0 Å². The maximum absolute atomic E-state index is 13.0. The molecule has 3 aromatic rings. The summed E-state index contributed by atoms with van der Waals surface area (Å²) < 4.78 is 14.7. The molecule has 0 radical (unpaired) electrons. The molecule has 1 aromatic heterocycles. The van der Waals surface area contributed by atoms with Crippen molar-refractivity contribution in [3.05, 3.63) is 82.9 Å². The Labute approximate surface area is 133 Å². The summed E-state index contributed by atoms with van der Waals surface area (Å²) in [5, 5.41) is 7.99. The van der Waals surface area contributed by atoms with Gasteiger partial charge in [0, 0.05) is 0 Å². The monoisotopic (exact) mass is 309 g/mol. The zero-order valence-electron chi connectivity index (χ0n) is 12.5. The van der Waals surface area contributed by atoms with E-state index in [1.54, 1.807) is 16.8 Å². The van der Waals surface area contributed by atoms with E-state index >= 15 is 0 Å². The van der Waals surface area contributed by atoms with Crippen molar-refractivity contribution >= 4 is 6.29 Å². The minimum atomic E-state index is -0.273. The van der Waals surface area contributed by atoms with Crippen LogP contribution in [0, 0.1) is 5.82 Å². The molecule has 0 spiro atoms. The quantitative estimate of drug-likeness (QED) is 0.658. The molecule has 0 aliphatic carbocycles. The highest BCUT2D eigenvalue weighted by molar-refractivity contribution is 5.73. The summed E-state index contributed by atoms with van der Waals surface area (Å²) in [6, 6.07) is 16.3. The third kappa shape index (κ3) is 3.69. The van der Waals surface area contributed by atoms with Gasteiger partial charge in [-0.3, -0.25) is 4.79 Å². The van der Waals surface area contributed by atoms with Gasteiger partial charge in [-0.1, -0.05) is 47.7 Å². The predicted molar refractivity (Wildman–Crippen MR) is 84.8 cm³/mol. The number of aldehydes is 1. The molecule has 0 N–H and O–H groups in total. The van der Waals surface area contributed by atoms with Crippen LogP contribution in [-0.4, -0.2) is 21.3 Å². The van der Waals surface area contributed by atoms with Crippen molar-refractivity contribution in [1.82, 2.24) is 15.0 Å².